The van der Waals surface area contributed by atoms with E-state index < -0.39 is 16.5 Å². The van der Waals surface area contributed by atoms with E-state index in [0.717, 1.165) is 0 Å². The minimum atomic E-state index is -2.00. The average molecular weight is 390 g/mol. The molecule has 0 saturated carbocycles. The number of para-hydroxylation sites is 1. The van der Waals surface area contributed by atoms with Crippen LogP contribution in [0.1, 0.15) is 13.8 Å². The van der Waals surface area contributed by atoms with Gasteiger partial charge in [-0.3, -0.25) is 0 Å². The third-order valence-electron chi connectivity index (χ3n) is 6.00. The Balaban J connectivity index is 2.27. The summed E-state index contributed by atoms with van der Waals surface area (Å²) in [5.74, 6) is 0. The minimum Gasteiger partial charge on any atom is -0.417 e. The molecule has 0 spiro atoms. The lowest BCUT2D eigenvalue weighted by Gasteiger charge is -2.53. The molecule has 0 aromatic heterocycles. The zero-order valence-electron chi connectivity index (χ0n) is 17.2. The molecule has 3 aromatic rings. The van der Waals surface area contributed by atoms with Crippen molar-refractivity contribution in [3.63, 3.8) is 0 Å². The normalized spacial score (nSPS) is 14.0. The van der Waals surface area contributed by atoms with Crippen LogP contribution in [0.15, 0.2) is 91.0 Å². The Morgan fingerprint density at radius 3 is 1.44 bits per heavy atom. The molecule has 0 amide bonds. The van der Waals surface area contributed by atoms with E-state index in [9.17, 15) is 0 Å². The average Bonchev–Trinajstić information content (AvgIpc) is 2.70. The van der Waals surface area contributed by atoms with Gasteiger partial charge in [-0.1, -0.05) is 92.7 Å². The van der Waals surface area contributed by atoms with Gasteiger partial charge in [0.15, 0.2) is 16.5 Å². The van der Waals surface area contributed by atoms with Crippen LogP contribution in [0.25, 0.3) is 0 Å². The summed E-state index contributed by atoms with van der Waals surface area (Å²) in [6.07, 6.45) is 0. The molecule has 140 valence electrons. The van der Waals surface area contributed by atoms with Crippen LogP contribution >= 0.6 is 0 Å². The standard InChI is InChI=1S/C24H31NSi2/c1-21(2)27(5,24-19-13-8-14-20-24)25(22-15-9-6-10-16-22)26(3,4)23-17-11-7-12-18-23/h6-21H,1-5H3. The van der Waals surface area contributed by atoms with Gasteiger partial charge in [0, 0.05) is 5.69 Å². The molecule has 3 aromatic carbocycles. The van der Waals surface area contributed by atoms with Crippen molar-refractivity contribution in [2.24, 2.45) is 0 Å². The third kappa shape index (κ3) is 3.67. The summed E-state index contributed by atoms with van der Waals surface area (Å²) in [7, 11) is -3.93. The number of benzene rings is 3. The van der Waals surface area contributed by atoms with Crippen LogP contribution in [-0.4, -0.2) is 16.5 Å². The predicted molar refractivity (Wildman–Crippen MR) is 125 cm³/mol. The molecule has 27 heavy (non-hydrogen) atoms. The molecule has 0 aliphatic heterocycles. The number of hydrogen-bond acceptors (Lipinski definition) is 1. The van der Waals surface area contributed by atoms with Crippen LogP contribution in [0.2, 0.25) is 25.2 Å². The van der Waals surface area contributed by atoms with E-state index in [2.05, 4.69) is 129 Å². The molecule has 1 unspecified atom stereocenters. The zero-order valence-corrected chi connectivity index (χ0v) is 19.2. The van der Waals surface area contributed by atoms with Gasteiger partial charge in [0.25, 0.3) is 0 Å². The molecule has 0 saturated heterocycles. The van der Waals surface area contributed by atoms with E-state index in [-0.39, 0.29) is 0 Å². The highest BCUT2D eigenvalue weighted by molar-refractivity contribution is 7.11. The highest BCUT2D eigenvalue weighted by Gasteiger charge is 2.48. The highest BCUT2D eigenvalue weighted by atomic mass is 28.4. The molecule has 3 heteroatoms. The topological polar surface area (TPSA) is 3.24 Å². The van der Waals surface area contributed by atoms with Gasteiger partial charge >= 0.3 is 0 Å². The lowest BCUT2D eigenvalue weighted by molar-refractivity contribution is 1.00. The number of rotatable bonds is 6. The smallest absolute Gasteiger partial charge is 0.179 e. The second-order valence-electron chi connectivity index (χ2n) is 8.26. The van der Waals surface area contributed by atoms with E-state index in [0.29, 0.717) is 5.54 Å². The van der Waals surface area contributed by atoms with E-state index in [1.165, 1.54) is 16.1 Å². The number of nitrogens with zero attached hydrogens (tertiary/aromatic N) is 1. The van der Waals surface area contributed by atoms with Gasteiger partial charge in [-0.05, 0) is 47.7 Å². The Bertz CT molecular complexity index is 847. The summed E-state index contributed by atoms with van der Waals surface area (Å²) < 4.78 is 2.88. The van der Waals surface area contributed by atoms with Crippen LogP contribution < -0.4 is 14.6 Å². The molecule has 0 N–H and O–H groups in total. The first kappa shape index (κ1) is 19.6. The summed E-state index contributed by atoms with van der Waals surface area (Å²) >= 11 is 0. The van der Waals surface area contributed by atoms with Crippen molar-refractivity contribution in [2.45, 2.75) is 39.0 Å². The van der Waals surface area contributed by atoms with Gasteiger partial charge in [0.05, 0.1) is 0 Å². The summed E-state index contributed by atoms with van der Waals surface area (Å²) in [6.45, 7) is 12.4. The number of hydrogen-bond donors (Lipinski definition) is 0. The lowest BCUT2D eigenvalue weighted by Crippen LogP contribution is -2.74. The fourth-order valence-electron chi connectivity index (χ4n) is 4.22. The second kappa shape index (κ2) is 7.87. The molecular formula is C24H31NSi2. The van der Waals surface area contributed by atoms with Crippen molar-refractivity contribution in [1.29, 1.82) is 0 Å². The van der Waals surface area contributed by atoms with Crippen molar-refractivity contribution >= 4 is 32.5 Å². The third-order valence-corrected chi connectivity index (χ3v) is 17.1. The van der Waals surface area contributed by atoms with Crippen molar-refractivity contribution < 1.29 is 0 Å². The molecule has 1 nitrogen and oxygen atoms in total. The fraction of sp³-hybridized carbons (Fsp3) is 0.250. The van der Waals surface area contributed by atoms with Crippen molar-refractivity contribution in [1.82, 2.24) is 0 Å². The van der Waals surface area contributed by atoms with E-state index in [4.69, 9.17) is 0 Å². The molecule has 0 bridgehead atoms. The van der Waals surface area contributed by atoms with Crippen LogP contribution in [0.3, 0.4) is 0 Å². The van der Waals surface area contributed by atoms with Crippen molar-refractivity contribution in [3.05, 3.63) is 91.0 Å². The highest BCUT2D eigenvalue weighted by Crippen LogP contribution is 2.34. The SMILES string of the molecule is CC(C)[Si](C)(c1ccccc1)N(c1ccccc1)[Si](C)(C)c1ccccc1. The number of anilines is 1. The summed E-state index contributed by atoms with van der Waals surface area (Å²) in [4.78, 5) is 0. The Hall–Kier alpha value is -2.11. The molecule has 0 heterocycles. The summed E-state index contributed by atoms with van der Waals surface area (Å²) in [6, 6.07) is 33.4. The molecule has 3 rings (SSSR count). The van der Waals surface area contributed by atoms with Crippen LogP contribution in [0, 0.1) is 0 Å². The zero-order chi connectivity index (χ0) is 19.5. The maximum Gasteiger partial charge on any atom is 0.179 e. The van der Waals surface area contributed by atoms with Crippen molar-refractivity contribution in [2.75, 3.05) is 4.23 Å². The Labute approximate surface area is 166 Å². The molecule has 0 aliphatic rings. The van der Waals surface area contributed by atoms with E-state index >= 15 is 0 Å². The maximum absolute atomic E-state index is 2.88. The van der Waals surface area contributed by atoms with E-state index in [1.807, 2.05) is 0 Å². The van der Waals surface area contributed by atoms with Gasteiger partial charge < -0.3 is 4.23 Å². The van der Waals surface area contributed by atoms with Gasteiger partial charge in [0.1, 0.15) is 0 Å². The van der Waals surface area contributed by atoms with Gasteiger partial charge in [-0.15, -0.1) is 0 Å². The molecule has 1 atom stereocenters. The maximum atomic E-state index is 2.88. The molecule has 0 fully saturated rings. The first-order valence-corrected chi connectivity index (χ1v) is 15.3. The summed E-state index contributed by atoms with van der Waals surface area (Å²) in [5.41, 5.74) is 1.96. The predicted octanol–water partition coefficient (Wildman–Crippen LogP) is 5.50. The molecule has 0 radical (unpaired) electrons. The quantitative estimate of drug-likeness (QED) is 0.503. The van der Waals surface area contributed by atoms with Crippen LogP contribution in [-0.2, 0) is 0 Å². The summed E-state index contributed by atoms with van der Waals surface area (Å²) in [5, 5.41) is 3.00. The Kier molecular flexibility index (Phi) is 5.73. The minimum absolute atomic E-state index is 0.593. The van der Waals surface area contributed by atoms with Crippen LogP contribution in [0.5, 0.6) is 0 Å². The van der Waals surface area contributed by atoms with Gasteiger partial charge in [0.2, 0.25) is 0 Å². The monoisotopic (exact) mass is 389 g/mol. The lowest BCUT2D eigenvalue weighted by atomic mass is 10.3. The van der Waals surface area contributed by atoms with Crippen LogP contribution in [0.4, 0.5) is 5.69 Å². The Morgan fingerprint density at radius 2 is 1.00 bits per heavy atom. The van der Waals surface area contributed by atoms with Gasteiger partial charge in [-0.25, -0.2) is 0 Å². The first-order valence-electron chi connectivity index (χ1n) is 9.85. The molecular weight excluding hydrogens is 358 g/mol. The second-order valence-corrected chi connectivity index (χ2v) is 17.3. The Morgan fingerprint density at radius 1 is 0.593 bits per heavy atom. The molecule has 0 aliphatic carbocycles. The van der Waals surface area contributed by atoms with E-state index in [1.54, 1.807) is 0 Å². The fourth-order valence-corrected chi connectivity index (χ4v) is 15.5. The first-order chi connectivity index (χ1) is 12.9. The van der Waals surface area contributed by atoms with Gasteiger partial charge in [-0.2, -0.15) is 0 Å². The largest absolute Gasteiger partial charge is 0.417 e. The van der Waals surface area contributed by atoms with Crippen molar-refractivity contribution in [3.8, 4) is 0 Å².